The Balaban J connectivity index is 1.35. The number of fused-ring (bicyclic) bond motifs is 1. The molecule has 1 aliphatic rings. The molecule has 1 amide bonds. The molecule has 3 heterocycles. The molecule has 1 aromatic carbocycles. The van der Waals surface area contributed by atoms with Gasteiger partial charge in [0.05, 0.1) is 25.7 Å². The minimum absolute atomic E-state index is 0.0252. The van der Waals surface area contributed by atoms with E-state index in [-0.39, 0.29) is 18.4 Å². The monoisotopic (exact) mass is 309 g/mol. The van der Waals surface area contributed by atoms with Crippen LogP contribution in [0.15, 0.2) is 53.3 Å². The molecule has 0 atom stereocenters. The number of para-hydroxylation sites is 1. The zero-order valence-electron chi connectivity index (χ0n) is 12.4. The number of amides is 1. The fraction of sp³-hybridized carbons (Fsp3) is 0.235. The van der Waals surface area contributed by atoms with E-state index in [4.69, 9.17) is 9.26 Å². The number of benzene rings is 1. The number of carbonyl (C=O) groups excluding carboxylic acids is 1. The SMILES string of the molecule is O=C(Cc1noc2ccccc12)N1CC(Oc2cccnc2)C1. The van der Waals surface area contributed by atoms with Gasteiger partial charge in [-0.3, -0.25) is 9.78 Å². The van der Waals surface area contributed by atoms with E-state index in [1.54, 1.807) is 17.3 Å². The molecule has 0 unspecified atom stereocenters. The van der Waals surface area contributed by atoms with Crippen molar-refractivity contribution >= 4 is 16.9 Å². The first-order chi connectivity index (χ1) is 11.3. The Kier molecular flexibility index (Phi) is 3.42. The van der Waals surface area contributed by atoms with Gasteiger partial charge in [0.15, 0.2) is 5.58 Å². The smallest absolute Gasteiger partial charge is 0.229 e. The second-order valence-electron chi connectivity index (χ2n) is 5.53. The van der Waals surface area contributed by atoms with Crippen molar-refractivity contribution in [3.05, 3.63) is 54.5 Å². The Labute approximate surface area is 132 Å². The lowest BCUT2D eigenvalue weighted by Crippen LogP contribution is -2.56. The highest BCUT2D eigenvalue weighted by Crippen LogP contribution is 2.21. The van der Waals surface area contributed by atoms with Gasteiger partial charge in [-0.2, -0.15) is 0 Å². The van der Waals surface area contributed by atoms with Crippen molar-refractivity contribution in [2.45, 2.75) is 12.5 Å². The van der Waals surface area contributed by atoms with Gasteiger partial charge in [-0.1, -0.05) is 17.3 Å². The number of hydrogen-bond acceptors (Lipinski definition) is 5. The number of nitrogens with zero attached hydrogens (tertiary/aromatic N) is 3. The molecule has 1 saturated heterocycles. The van der Waals surface area contributed by atoms with Crippen LogP contribution in [-0.4, -0.2) is 40.1 Å². The van der Waals surface area contributed by atoms with Gasteiger partial charge in [0.1, 0.15) is 17.5 Å². The number of likely N-dealkylation sites (tertiary alicyclic amines) is 1. The Morgan fingerprint density at radius 1 is 1.26 bits per heavy atom. The topological polar surface area (TPSA) is 68.5 Å². The van der Waals surface area contributed by atoms with E-state index in [2.05, 4.69) is 10.1 Å². The first kappa shape index (κ1) is 13.8. The van der Waals surface area contributed by atoms with Crippen LogP contribution in [0.2, 0.25) is 0 Å². The van der Waals surface area contributed by atoms with E-state index in [1.165, 1.54) is 0 Å². The highest BCUT2D eigenvalue weighted by atomic mass is 16.5. The van der Waals surface area contributed by atoms with Gasteiger partial charge in [0.2, 0.25) is 5.91 Å². The molecule has 6 nitrogen and oxygen atoms in total. The average molecular weight is 309 g/mol. The van der Waals surface area contributed by atoms with Gasteiger partial charge in [0, 0.05) is 11.6 Å². The summed E-state index contributed by atoms with van der Waals surface area (Å²) in [6, 6.07) is 11.2. The summed E-state index contributed by atoms with van der Waals surface area (Å²) < 4.78 is 11.0. The molecule has 23 heavy (non-hydrogen) atoms. The molecule has 0 N–H and O–H groups in total. The molecule has 0 aliphatic carbocycles. The summed E-state index contributed by atoms with van der Waals surface area (Å²) in [7, 11) is 0. The van der Waals surface area contributed by atoms with Crippen LogP contribution in [0.1, 0.15) is 5.69 Å². The summed E-state index contributed by atoms with van der Waals surface area (Å²) in [5, 5.41) is 4.89. The average Bonchev–Trinajstić information content (AvgIpc) is 2.94. The molecule has 1 aliphatic heterocycles. The molecule has 0 spiro atoms. The first-order valence-electron chi connectivity index (χ1n) is 7.47. The molecule has 116 valence electrons. The van der Waals surface area contributed by atoms with Crippen LogP contribution in [0.5, 0.6) is 5.75 Å². The highest BCUT2D eigenvalue weighted by molar-refractivity contribution is 5.86. The van der Waals surface area contributed by atoms with Crippen LogP contribution < -0.4 is 4.74 Å². The second-order valence-corrected chi connectivity index (χ2v) is 5.53. The van der Waals surface area contributed by atoms with Crippen LogP contribution in [0.4, 0.5) is 0 Å². The van der Waals surface area contributed by atoms with E-state index in [1.807, 2.05) is 36.4 Å². The fourth-order valence-corrected chi connectivity index (χ4v) is 2.65. The molecule has 6 heteroatoms. The predicted molar refractivity (Wildman–Crippen MR) is 82.9 cm³/mol. The molecule has 4 rings (SSSR count). The van der Waals surface area contributed by atoms with E-state index >= 15 is 0 Å². The summed E-state index contributed by atoms with van der Waals surface area (Å²) in [5.74, 6) is 0.766. The molecule has 1 fully saturated rings. The van der Waals surface area contributed by atoms with E-state index in [9.17, 15) is 4.79 Å². The minimum atomic E-state index is 0.0252. The van der Waals surface area contributed by atoms with E-state index in [0.717, 1.165) is 11.1 Å². The van der Waals surface area contributed by atoms with Gasteiger partial charge in [-0.25, -0.2) is 0 Å². The molecule has 0 radical (unpaired) electrons. The van der Waals surface area contributed by atoms with Crippen molar-refractivity contribution < 1.29 is 14.1 Å². The van der Waals surface area contributed by atoms with Gasteiger partial charge in [-0.15, -0.1) is 0 Å². The lowest BCUT2D eigenvalue weighted by molar-refractivity contribution is -0.139. The van der Waals surface area contributed by atoms with Crippen molar-refractivity contribution in [3.8, 4) is 5.75 Å². The highest BCUT2D eigenvalue weighted by Gasteiger charge is 2.32. The van der Waals surface area contributed by atoms with Crippen molar-refractivity contribution in [2.75, 3.05) is 13.1 Å². The largest absolute Gasteiger partial charge is 0.485 e. The third-order valence-corrected chi connectivity index (χ3v) is 3.91. The lowest BCUT2D eigenvalue weighted by Gasteiger charge is -2.38. The Hall–Kier alpha value is -2.89. The van der Waals surface area contributed by atoms with Gasteiger partial charge >= 0.3 is 0 Å². The second kappa shape index (κ2) is 5.72. The number of rotatable bonds is 4. The maximum Gasteiger partial charge on any atom is 0.229 e. The third-order valence-electron chi connectivity index (χ3n) is 3.91. The Bertz CT molecular complexity index is 825. The van der Waals surface area contributed by atoms with Crippen molar-refractivity contribution in [2.24, 2.45) is 0 Å². The Morgan fingerprint density at radius 2 is 2.13 bits per heavy atom. The molecule has 2 aromatic heterocycles. The van der Waals surface area contributed by atoms with Crippen molar-refractivity contribution in [3.63, 3.8) is 0 Å². The van der Waals surface area contributed by atoms with Crippen LogP contribution >= 0.6 is 0 Å². The van der Waals surface area contributed by atoms with Gasteiger partial charge in [0.25, 0.3) is 0 Å². The maximum atomic E-state index is 12.3. The molecular formula is C17H15N3O3. The Morgan fingerprint density at radius 3 is 2.96 bits per heavy atom. The quantitative estimate of drug-likeness (QED) is 0.738. The summed E-state index contributed by atoms with van der Waals surface area (Å²) in [6.45, 7) is 1.17. The van der Waals surface area contributed by atoms with Gasteiger partial charge in [-0.05, 0) is 24.3 Å². The normalized spacial score (nSPS) is 14.7. The molecule has 0 saturated carbocycles. The van der Waals surface area contributed by atoms with Crippen LogP contribution in [-0.2, 0) is 11.2 Å². The summed E-state index contributed by atoms with van der Waals surface area (Å²) >= 11 is 0. The number of ether oxygens (including phenoxy) is 1. The number of pyridine rings is 1. The molecule has 0 bridgehead atoms. The lowest BCUT2D eigenvalue weighted by atomic mass is 10.1. The van der Waals surface area contributed by atoms with Crippen LogP contribution in [0.3, 0.4) is 0 Å². The number of aromatic nitrogens is 2. The summed E-state index contributed by atoms with van der Waals surface area (Å²) in [4.78, 5) is 18.1. The predicted octanol–water partition coefficient (Wildman–Crippen LogP) is 2.06. The first-order valence-corrected chi connectivity index (χ1v) is 7.47. The number of carbonyl (C=O) groups is 1. The zero-order chi connectivity index (χ0) is 15.6. The minimum Gasteiger partial charge on any atom is -0.485 e. The van der Waals surface area contributed by atoms with Crippen LogP contribution in [0, 0.1) is 0 Å². The molecular weight excluding hydrogens is 294 g/mol. The summed E-state index contributed by atoms with van der Waals surface area (Å²) in [5.41, 5.74) is 1.39. The standard InChI is InChI=1S/C17H15N3O3/c21-17(8-15-14-5-1-2-6-16(14)23-19-15)20-10-13(11-20)22-12-4-3-7-18-9-12/h1-7,9,13H,8,10-11H2. The fourth-order valence-electron chi connectivity index (χ4n) is 2.65. The number of hydrogen-bond donors (Lipinski definition) is 0. The zero-order valence-corrected chi connectivity index (χ0v) is 12.4. The molecule has 3 aromatic rings. The van der Waals surface area contributed by atoms with Gasteiger partial charge < -0.3 is 14.2 Å². The summed E-state index contributed by atoms with van der Waals surface area (Å²) in [6.07, 6.45) is 3.64. The van der Waals surface area contributed by atoms with Crippen LogP contribution in [0.25, 0.3) is 11.0 Å². The van der Waals surface area contributed by atoms with Crippen molar-refractivity contribution in [1.29, 1.82) is 0 Å². The van der Waals surface area contributed by atoms with E-state index in [0.29, 0.717) is 24.4 Å². The van der Waals surface area contributed by atoms with E-state index < -0.39 is 0 Å². The third kappa shape index (κ3) is 2.75. The van der Waals surface area contributed by atoms with Crippen molar-refractivity contribution in [1.82, 2.24) is 15.0 Å². The maximum absolute atomic E-state index is 12.3.